The van der Waals surface area contributed by atoms with Crippen molar-refractivity contribution in [3.8, 4) is 0 Å². The van der Waals surface area contributed by atoms with Crippen LogP contribution in [0.2, 0.25) is 0 Å². The summed E-state index contributed by atoms with van der Waals surface area (Å²) < 4.78 is 16.6. The first-order valence-electron chi connectivity index (χ1n) is 12.2. The van der Waals surface area contributed by atoms with Gasteiger partial charge in [-0.05, 0) is 12.8 Å². The van der Waals surface area contributed by atoms with Crippen molar-refractivity contribution in [1.82, 2.24) is 0 Å². The quantitative estimate of drug-likeness (QED) is 0.113. The fourth-order valence-electron chi connectivity index (χ4n) is 3.65. The van der Waals surface area contributed by atoms with Crippen LogP contribution in [0.3, 0.4) is 0 Å². The van der Waals surface area contributed by atoms with E-state index >= 15 is 0 Å². The van der Waals surface area contributed by atoms with Gasteiger partial charge in [-0.25, -0.2) is 4.57 Å². The molecule has 0 spiro atoms. The molecular formula is C23H49NO5PS+. The van der Waals surface area contributed by atoms with Gasteiger partial charge >= 0.3 is 7.82 Å². The van der Waals surface area contributed by atoms with Crippen LogP contribution >= 0.6 is 19.6 Å². The van der Waals surface area contributed by atoms with Crippen molar-refractivity contribution in [1.29, 1.82) is 0 Å². The Balaban J connectivity index is 3.67. The van der Waals surface area contributed by atoms with Gasteiger partial charge in [-0.2, -0.15) is 0 Å². The second-order valence-electron chi connectivity index (χ2n) is 9.69. The van der Waals surface area contributed by atoms with E-state index < -0.39 is 13.9 Å². The monoisotopic (exact) mass is 482 g/mol. The smallest absolute Gasteiger partial charge is 0.329 e. The second kappa shape index (κ2) is 18.5. The molecule has 1 atom stereocenters. The highest BCUT2D eigenvalue weighted by Gasteiger charge is 2.27. The van der Waals surface area contributed by atoms with E-state index in [1.54, 1.807) is 0 Å². The maximum absolute atomic E-state index is 12.1. The average Bonchev–Trinajstić information content (AvgIpc) is 2.62. The molecule has 2 N–H and O–H groups in total. The van der Waals surface area contributed by atoms with Gasteiger partial charge in [0.2, 0.25) is 0 Å². The van der Waals surface area contributed by atoms with Crippen LogP contribution in [0, 0.1) is 0 Å². The zero-order valence-electron chi connectivity index (χ0n) is 20.5. The van der Waals surface area contributed by atoms with E-state index in [9.17, 15) is 9.36 Å². The van der Waals surface area contributed by atoms with E-state index in [0.29, 0.717) is 29.6 Å². The van der Waals surface area contributed by atoms with Gasteiger partial charge in [0.05, 0.1) is 21.1 Å². The van der Waals surface area contributed by atoms with Gasteiger partial charge in [0.25, 0.3) is 0 Å². The molecule has 1 unspecified atom stereocenters. The topological polar surface area (TPSA) is 83.8 Å². The van der Waals surface area contributed by atoms with Crippen molar-refractivity contribution in [3.05, 3.63) is 0 Å². The summed E-state index contributed by atoms with van der Waals surface area (Å²) in [6, 6.07) is 0. The number of nitrogens with zero attached hydrogens (tertiary/aromatic N) is 1. The molecule has 0 aliphatic rings. The average molecular weight is 483 g/mol. The van der Waals surface area contributed by atoms with Crippen LogP contribution in [0.4, 0.5) is 0 Å². The Morgan fingerprint density at radius 3 is 1.74 bits per heavy atom. The SMILES string of the molecule is CCCCCCCCCCCCCCCC(=O)SCCC(C[N+](C)(C)C)OP(=O)(O)O. The Labute approximate surface area is 195 Å². The van der Waals surface area contributed by atoms with E-state index in [1.807, 2.05) is 21.1 Å². The number of unbranched alkanes of at least 4 members (excludes halogenated alkanes) is 12. The molecule has 8 heteroatoms. The molecule has 0 rings (SSSR count). The molecule has 0 heterocycles. The molecule has 6 nitrogen and oxygen atoms in total. The number of hydrogen-bond acceptors (Lipinski definition) is 4. The van der Waals surface area contributed by atoms with Gasteiger partial charge < -0.3 is 14.3 Å². The summed E-state index contributed by atoms with van der Waals surface area (Å²) in [4.78, 5) is 30.2. The number of phosphoric acid groups is 1. The van der Waals surface area contributed by atoms with Crippen LogP contribution in [-0.2, 0) is 13.9 Å². The summed E-state index contributed by atoms with van der Waals surface area (Å²) in [5, 5.41) is 0.170. The second-order valence-corrected chi connectivity index (χ2v) is 12.0. The fraction of sp³-hybridized carbons (Fsp3) is 0.957. The van der Waals surface area contributed by atoms with Gasteiger partial charge in [0.15, 0.2) is 5.12 Å². The Kier molecular flexibility index (Phi) is 18.6. The summed E-state index contributed by atoms with van der Waals surface area (Å²) in [6.45, 7) is 2.74. The molecule has 0 saturated heterocycles. The lowest BCUT2D eigenvalue weighted by atomic mass is 10.0. The van der Waals surface area contributed by atoms with E-state index in [1.165, 1.54) is 82.4 Å². The molecule has 0 bridgehead atoms. The van der Waals surface area contributed by atoms with Crippen LogP contribution in [0.1, 0.15) is 103 Å². The number of carbonyl (C=O) groups excluding carboxylic acids is 1. The maximum atomic E-state index is 12.1. The molecule has 31 heavy (non-hydrogen) atoms. The minimum absolute atomic E-state index is 0.170. The Bertz CT molecular complexity index is 493. The highest BCUT2D eigenvalue weighted by molar-refractivity contribution is 8.13. The first kappa shape index (κ1) is 31.1. The van der Waals surface area contributed by atoms with Crippen molar-refractivity contribution >= 4 is 24.7 Å². The Morgan fingerprint density at radius 2 is 1.32 bits per heavy atom. The zero-order chi connectivity index (χ0) is 23.6. The van der Waals surface area contributed by atoms with Gasteiger partial charge in [-0.15, -0.1) is 0 Å². The van der Waals surface area contributed by atoms with Crippen molar-refractivity contribution in [2.24, 2.45) is 0 Å². The summed E-state index contributed by atoms with van der Waals surface area (Å²) in [5.41, 5.74) is 0. The van der Waals surface area contributed by atoms with Crippen molar-refractivity contribution < 1.29 is 28.2 Å². The standard InChI is InChI=1S/C23H48NO5PS/c1-5-6-7-8-9-10-11-12-13-14-15-16-17-18-23(25)31-20-19-22(21-24(2,3)4)29-30(26,27)28/h22H,5-21H2,1-4H3,(H-,26,27,28)/p+1. The van der Waals surface area contributed by atoms with Gasteiger partial charge in [-0.3, -0.25) is 9.32 Å². The molecule has 0 aromatic rings. The molecule has 0 aromatic heterocycles. The van der Waals surface area contributed by atoms with Crippen LogP contribution in [0.15, 0.2) is 0 Å². The van der Waals surface area contributed by atoms with Gasteiger partial charge in [-0.1, -0.05) is 95.7 Å². The third kappa shape index (κ3) is 24.6. The molecule has 0 aliphatic heterocycles. The normalized spacial score (nSPS) is 13.5. The van der Waals surface area contributed by atoms with Crippen molar-refractivity contribution in [3.63, 3.8) is 0 Å². The summed E-state index contributed by atoms with van der Waals surface area (Å²) in [6.07, 6.45) is 17.3. The van der Waals surface area contributed by atoms with E-state index in [-0.39, 0.29) is 5.12 Å². The Morgan fingerprint density at radius 1 is 0.871 bits per heavy atom. The highest BCUT2D eigenvalue weighted by atomic mass is 32.2. The lowest BCUT2D eigenvalue weighted by Crippen LogP contribution is -2.42. The third-order valence-electron chi connectivity index (χ3n) is 5.23. The van der Waals surface area contributed by atoms with E-state index in [2.05, 4.69) is 6.92 Å². The highest BCUT2D eigenvalue weighted by Crippen LogP contribution is 2.38. The number of rotatable bonds is 21. The largest absolute Gasteiger partial charge is 0.470 e. The summed E-state index contributed by atoms with van der Waals surface area (Å²) >= 11 is 1.26. The molecule has 0 aromatic carbocycles. The van der Waals surface area contributed by atoms with Gasteiger partial charge in [0.1, 0.15) is 12.6 Å². The lowest BCUT2D eigenvalue weighted by molar-refractivity contribution is -0.873. The van der Waals surface area contributed by atoms with Crippen LogP contribution in [-0.4, -0.2) is 58.9 Å². The molecular weight excluding hydrogens is 433 g/mol. The summed E-state index contributed by atoms with van der Waals surface area (Å²) in [5.74, 6) is 0.530. The van der Waals surface area contributed by atoms with Gasteiger partial charge in [0, 0.05) is 12.2 Å². The zero-order valence-corrected chi connectivity index (χ0v) is 22.2. The van der Waals surface area contributed by atoms with Crippen LogP contribution < -0.4 is 0 Å². The molecule has 0 radical (unpaired) electrons. The molecule has 0 saturated carbocycles. The van der Waals surface area contributed by atoms with Crippen LogP contribution in [0.25, 0.3) is 0 Å². The number of phosphoric ester groups is 1. The molecule has 0 fully saturated rings. The van der Waals surface area contributed by atoms with E-state index in [4.69, 9.17) is 14.3 Å². The third-order valence-corrected chi connectivity index (χ3v) is 6.76. The Hall–Kier alpha value is 0.0900. The van der Waals surface area contributed by atoms with Crippen molar-refractivity contribution in [2.75, 3.05) is 33.4 Å². The molecule has 0 aliphatic carbocycles. The maximum Gasteiger partial charge on any atom is 0.470 e. The predicted molar refractivity (Wildman–Crippen MR) is 132 cm³/mol. The number of quaternary nitrogens is 1. The van der Waals surface area contributed by atoms with Crippen LogP contribution in [0.5, 0.6) is 0 Å². The van der Waals surface area contributed by atoms with E-state index in [0.717, 1.165) is 12.8 Å². The first-order chi connectivity index (χ1) is 14.5. The predicted octanol–water partition coefficient (Wildman–Crippen LogP) is 6.30. The lowest BCUT2D eigenvalue weighted by Gasteiger charge is -2.29. The fourth-order valence-corrected chi connectivity index (χ4v) is 5.10. The number of likely N-dealkylation sites (N-methyl/N-ethyl adjacent to an activating group) is 1. The minimum atomic E-state index is -4.52. The summed E-state index contributed by atoms with van der Waals surface area (Å²) in [7, 11) is 1.32. The molecule has 186 valence electrons. The van der Waals surface area contributed by atoms with Crippen molar-refractivity contribution in [2.45, 2.75) is 109 Å². The molecule has 0 amide bonds. The first-order valence-corrected chi connectivity index (χ1v) is 14.7. The number of hydrogen-bond donors (Lipinski definition) is 2. The minimum Gasteiger partial charge on any atom is -0.329 e. The number of thioether (sulfide) groups is 1. The number of carbonyl (C=O) groups is 1.